The molecule has 0 aliphatic heterocycles. The Morgan fingerprint density at radius 1 is 0.512 bits per heavy atom. The maximum atomic E-state index is 11.2. The van der Waals surface area contributed by atoms with E-state index in [0.717, 1.165) is 35.5 Å². The minimum atomic E-state index is -1.87. The Morgan fingerprint density at radius 3 is 1.14 bits per heavy atom. The van der Waals surface area contributed by atoms with Crippen LogP contribution >= 0.6 is 23.2 Å². The van der Waals surface area contributed by atoms with Crippen molar-refractivity contribution in [1.29, 1.82) is 0 Å². The fraction of sp³-hybridized carbons (Fsp3) is 0.111. The van der Waals surface area contributed by atoms with Crippen LogP contribution in [-0.2, 0) is 12.8 Å². The molecule has 220 valence electrons. The largest absolute Gasteiger partial charge is 1.00 e. The number of carboxylic acid groups (broad SMARTS) is 2. The van der Waals surface area contributed by atoms with Crippen molar-refractivity contribution in [2.24, 2.45) is 0 Å². The van der Waals surface area contributed by atoms with Gasteiger partial charge < -0.3 is 27.2 Å². The molecule has 0 spiro atoms. The number of alkyl halides is 1. The number of hydrogen-bond donors (Lipinski definition) is 2. The van der Waals surface area contributed by atoms with Gasteiger partial charge in [-0.2, -0.15) is 0 Å². The molecule has 0 atom stereocenters. The molecule has 0 aliphatic carbocycles. The summed E-state index contributed by atoms with van der Waals surface area (Å²) < 4.78 is 0. The number of aryl methyl sites for hydroxylation is 2. The highest BCUT2D eigenvalue weighted by Gasteiger charge is 2.44. The summed E-state index contributed by atoms with van der Waals surface area (Å²) in [6.45, 7) is 0. The lowest BCUT2D eigenvalue weighted by molar-refractivity contribution is -0.0000385. The van der Waals surface area contributed by atoms with Gasteiger partial charge in [-0.05, 0) is 78.2 Å². The Bertz CT molecular complexity index is 1460. The van der Waals surface area contributed by atoms with Gasteiger partial charge in [-0.15, -0.1) is 0 Å². The topological polar surface area (TPSA) is 74.6 Å². The summed E-state index contributed by atoms with van der Waals surface area (Å²) in [5.74, 6) is -1.76. The van der Waals surface area contributed by atoms with Crippen molar-refractivity contribution in [3.63, 3.8) is 0 Å². The Kier molecular flexibility index (Phi) is 13.3. The second-order valence-electron chi connectivity index (χ2n) is 9.73. The van der Waals surface area contributed by atoms with Gasteiger partial charge in [0.2, 0.25) is 0 Å². The van der Waals surface area contributed by atoms with Crippen LogP contribution in [-0.4, -0.2) is 33.6 Å². The molecule has 0 fully saturated rings. The van der Waals surface area contributed by atoms with E-state index in [1.54, 1.807) is 24.3 Å². The molecule has 5 rings (SSSR count). The van der Waals surface area contributed by atoms with Crippen LogP contribution in [0.4, 0.5) is 0 Å². The van der Waals surface area contributed by atoms with Crippen LogP contribution in [0.15, 0.2) is 140 Å². The number of rotatable bonds is 10. The lowest BCUT2D eigenvalue weighted by atomic mass is 10.1. The lowest BCUT2D eigenvalue weighted by Gasteiger charge is -2.27. The normalized spacial score (nSPS) is 10.5. The highest BCUT2D eigenvalue weighted by atomic mass is 79.9. The predicted molar refractivity (Wildman–Crippen MR) is 178 cm³/mol. The molecule has 5 aromatic carbocycles. The van der Waals surface area contributed by atoms with Gasteiger partial charge in [0.15, 0.2) is 0 Å². The van der Waals surface area contributed by atoms with E-state index < -0.39 is 19.2 Å². The molecule has 0 aliphatic rings. The Labute approximate surface area is 272 Å². The van der Waals surface area contributed by atoms with Gasteiger partial charge in [-0.3, -0.25) is 0 Å². The van der Waals surface area contributed by atoms with Crippen LogP contribution in [0.1, 0.15) is 31.8 Å². The average Bonchev–Trinajstić information content (AvgIpc) is 3.04. The molecule has 43 heavy (non-hydrogen) atoms. The zero-order valence-corrected chi connectivity index (χ0v) is 27.6. The zero-order chi connectivity index (χ0) is 29.8. The predicted octanol–water partition coefficient (Wildman–Crippen LogP) is 4.25. The molecule has 7 heteroatoms. The molecule has 0 amide bonds. The van der Waals surface area contributed by atoms with Crippen molar-refractivity contribution in [3.05, 3.63) is 162 Å². The number of hydrogen-bond acceptors (Lipinski definition) is 2. The highest BCUT2D eigenvalue weighted by Crippen LogP contribution is 2.55. The summed E-state index contributed by atoms with van der Waals surface area (Å²) in [6.07, 6.45) is 2.80. The molecule has 0 bridgehead atoms. The van der Waals surface area contributed by atoms with E-state index in [0.29, 0.717) is 11.1 Å². The monoisotopic (exact) mass is 718 g/mol. The van der Waals surface area contributed by atoms with Gasteiger partial charge in [0, 0.05) is 11.8 Å². The highest BCUT2D eigenvalue weighted by molar-refractivity contribution is 9.09. The van der Waals surface area contributed by atoms with Crippen molar-refractivity contribution < 1.29 is 36.8 Å². The van der Waals surface area contributed by atoms with Crippen molar-refractivity contribution in [3.8, 4) is 0 Å². The zero-order valence-electron chi connectivity index (χ0n) is 23.5. The summed E-state index contributed by atoms with van der Waals surface area (Å²) in [4.78, 5) is 21.7. The third-order valence-electron chi connectivity index (χ3n) is 7.11. The fourth-order valence-corrected chi connectivity index (χ4v) is 9.68. The molecule has 0 unspecified atom stereocenters. The van der Waals surface area contributed by atoms with Gasteiger partial charge in [0.05, 0.1) is 17.3 Å². The van der Waals surface area contributed by atoms with E-state index >= 15 is 0 Å². The first-order valence-electron chi connectivity index (χ1n) is 13.7. The van der Waals surface area contributed by atoms with Gasteiger partial charge in [0.1, 0.15) is 23.2 Å². The summed E-state index contributed by atoms with van der Waals surface area (Å²) in [5, 5.41) is 22.8. The molecule has 5 aromatic rings. The molecule has 0 radical (unpaired) electrons. The number of carbonyl (C=O) groups is 2. The minimum Gasteiger partial charge on any atom is -1.00 e. The van der Waals surface area contributed by atoms with Gasteiger partial charge >= 0.3 is 11.9 Å². The van der Waals surface area contributed by atoms with Gasteiger partial charge in [0.25, 0.3) is 0 Å². The number of aromatic carboxylic acids is 2. The van der Waals surface area contributed by atoms with Crippen LogP contribution < -0.4 is 32.9 Å². The van der Waals surface area contributed by atoms with Crippen molar-refractivity contribution in [1.82, 2.24) is 0 Å². The van der Waals surface area contributed by atoms with Crippen LogP contribution in [0.5, 0.6) is 0 Å². The second-order valence-corrected chi connectivity index (χ2v) is 14.1. The van der Waals surface area contributed by atoms with Crippen LogP contribution in [0.25, 0.3) is 0 Å². The molecular weight excluding hydrogens is 687 g/mol. The van der Waals surface area contributed by atoms with Crippen LogP contribution in [0.2, 0.25) is 0 Å². The summed E-state index contributed by atoms with van der Waals surface area (Å²) in [6, 6.07) is 46.7. The lowest BCUT2D eigenvalue weighted by Crippen LogP contribution is -3.00. The molecule has 0 saturated heterocycles. The molecular formula is C36H33Br2O4P. The van der Waals surface area contributed by atoms with Gasteiger partial charge in [-0.1, -0.05) is 94.8 Å². The Hall–Kier alpha value is -3.57. The van der Waals surface area contributed by atoms with Crippen molar-refractivity contribution in [2.75, 3.05) is 11.5 Å². The molecule has 0 heterocycles. The van der Waals surface area contributed by atoms with E-state index in [1.807, 2.05) is 24.3 Å². The van der Waals surface area contributed by atoms with Crippen molar-refractivity contribution >= 4 is 51.0 Å². The third kappa shape index (κ3) is 8.96. The second kappa shape index (κ2) is 16.9. The standard InChI is InChI=1S/C27H23O2P.C9H9BrO2.BrH/c28-27(29)23-18-16-22(17-19-23)20-21-30(24-10-4-1-5-11-24,25-12-6-2-7-13-25)26-14-8-3-9-15-26;10-6-5-7-1-3-8(4-2-7)9(11)12;/h1-19H,20-21H2;1-4H,5-6H2,(H,11,12);1H. The maximum absolute atomic E-state index is 11.2. The minimum absolute atomic E-state index is 0. The van der Waals surface area contributed by atoms with Gasteiger partial charge in [-0.25, -0.2) is 9.59 Å². The Morgan fingerprint density at radius 2 is 0.837 bits per heavy atom. The number of benzene rings is 5. The molecule has 2 N–H and O–H groups in total. The van der Waals surface area contributed by atoms with Crippen LogP contribution in [0.3, 0.4) is 0 Å². The van der Waals surface area contributed by atoms with E-state index in [9.17, 15) is 14.7 Å². The summed E-state index contributed by atoms with van der Waals surface area (Å²) in [7, 11) is -1.87. The van der Waals surface area contributed by atoms with Crippen molar-refractivity contribution in [2.45, 2.75) is 12.8 Å². The average molecular weight is 720 g/mol. The van der Waals surface area contributed by atoms with E-state index in [4.69, 9.17) is 5.11 Å². The van der Waals surface area contributed by atoms with E-state index in [1.165, 1.54) is 15.9 Å². The first-order valence-corrected chi connectivity index (χ1v) is 16.8. The molecule has 0 aromatic heterocycles. The summed E-state index contributed by atoms with van der Waals surface area (Å²) in [5.41, 5.74) is 2.98. The summed E-state index contributed by atoms with van der Waals surface area (Å²) >= 11 is 3.32. The SMILES string of the molecule is O=C(O)c1ccc(CCBr)cc1.O=C(O)c1ccc(CC[P+](c2ccccc2)(c2ccccc2)c2ccccc2)cc1.[Br-]. The smallest absolute Gasteiger partial charge is 0.335 e. The Balaban J connectivity index is 0.000000329. The molecule has 0 saturated carbocycles. The number of carboxylic acids is 2. The maximum Gasteiger partial charge on any atom is 0.335 e. The number of halogens is 2. The third-order valence-corrected chi connectivity index (χ3v) is 11.9. The quantitative estimate of drug-likeness (QED) is 0.167. The van der Waals surface area contributed by atoms with E-state index in [-0.39, 0.29) is 17.0 Å². The first kappa shape index (κ1) is 33.9. The fourth-order valence-electron chi connectivity index (χ4n) is 4.92. The first-order chi connectivity index (χ1) is 20.4. The van der Waals surface area contributed by atoms with E-state index in [2.05, 4.69) is 107 Å². The van der Waals surface area contributed by atoms with Crippen LogP contribution in [0, 0.1) is 0 Å². The molecule has 4 nitrogen and oxygen atoms in total.